The van der Waals surface area contributed by atoms with Crippen LogP contribution in [0.2, 0.25) is 0 Å². The molecule has 0 aliphatic heterocycles. The summed E-state index contributed by atoms with van der Waals surface area (Å²) in [5.41, 5.74) is 1.48. The molecule has 0 unspecified atom stereocenters. The van der Waals surface area contributed by atoms with Gasteiger partial charge in [-0.2, -0.15) is 5.10 Å². The van der Waals surface area contributed by atoms with Gasteiger partial charge in [0.2, 0.25) is 0 Å². The van der Waals surface area contributed by atoms with Crippen molar-refractivity contribution in [3.05, 3.63) is 47.5 Å². The molecule has 0 fully saturated rings. The van der Waals surface area contributed by atoms with E-state index in [4.69, 9.17) is 9.94 Å². The summed E-state index contributed by atoms with van der Waals surface area (Å²) in [6.07, 6.45) is 1.88. The summed E-state index contributed by atoms with van der Waals surface area (Å²) in [5, 5.41) is 16.3. The number of nitrogens with zero attached hydrogens (tertiary/aromatic N) is 3. The Balaban J connectivity index is 2.15. The number of aromatic nitrogens is 2. The molecule has 0 amide bonds. The highest BCUT2D eigenvalue weighted by atomic mass is 19.1. The number of oxime groups is 1. The fourth-order valence-electron chi connectivity index (χ4n) is 1.86. The molecule has 1 aromatic heterocycles. The van der Waals surface area contributed by atoms with E-state index in [9.17, 15) is 4.39 Å². The van der Waals surface area contributed by atoms with Gasteiger partial charge in [0.25, 0.3) is 0 Å². The average molecular weight is 291 g/mol. The van der Waals surface area contributed by atoms with E-state index >= 15 is 0 Å². The quantitative estimate of drug-likeness (QED) is 0.522. The molecule has 1 aromatic carbocycles. The zero-order chi connectivity index (χ0) is 15.4. The number of hydrogen-bond donors (Lipinski definition) is 1. The largest absolute Gasteiger partial charge is 0.487 e. The minimum atomic E-state index is -0.413. The van der Waals surface area contributed by atoms with Crippen LogP contribution in [0.15, 0.2) is 35.6 Å². The van der Waals surface area contributed by atoms with Crippen LogP contribution in [0.5, 0.6) is 5.75 Å². The maximum Gasteiger partial charge on any atom is 0.132 e. The van der Waals surface area contributed by atoms with E-state index in [2.05, 4.69) is 10.3 Å². The Morgan fingerprint density at radius 1 is 1.43 bits per heavy atom. The summed E-state index contributed by atoms with van der Waals surface area (Å²) in [7, 11) is 0. The second-order valence-corrected chi connectivity index (χ2v) is 5.00. The molecular weight excluding hydrogens is 273 g/mol. The van der Waals surface area contributed by atoms with Crippen molar-refractivity contribution in [3.8, 4) is 5.75 Å². The molecule has 21 heavy (non-hydrogen) atoms. The summed E-state index contributed by atoms with van der Waals surface area (Å²) in [6, 6.07) is 6.24. The molecule has 0 aliphatic rings. The molecule has 0 spiro atoms. The molecule has 6 heteroatoms. The summed E-state index contributed by atoms with van der Waals surface area (Å²) in [4.78, 5) is 0. The molecule has 0 aliphatic carbocycles. The van der Waals surface area contributed by atoms with E-state index in [1.807, 2.05) is 30.8 Å². The van der Waals surface area contributed by atoms with Crippen molar-refractivity contribution in [2.75, 3.05) is 0 Å². The fraction of sp³-hybridized carbons (Fsp3) is 0.333. The third-order valence-corrected chi connectivity index (χ3v) is 3.05. The molecule has 1 N–H and O–H groups in total. The number of ether oxygens (including phenoxy) is 1. The van der Waals surface area contributed by atoms with Gasteiger partial charge in [0.1, 0.15) is 18.2 Å². The predicted octanol–water partition coefficient (Wildman–Crippen LogP) is 3.38. The van der Waals surface area contributed by atoms with Gasteiger partial charge in [0, 0.05) is 17.8 Å². The van der Waals surface area contributed by atoms with Gasteiger partial charge in [-0.3, -0.25) is 4.68 Å². The SMILES string of the molecule is C/C(=N\O)c1cc(F)ccc1OCc1ccn(C(C)C)n1. The zero-order valence-corrected chi connectivity index (χ0v) is 12.2. The van der Waals surface area contributed by atoms with Gasteiger partial charge < -0.3 is 9.94 Å². The van der Waals surface area contributed by atoms with Gasteiger partial charge in [-0.15, -0.1) is 0 Å². The first kappa shape index (κ1) is 15.0. The second-order valence-electron chi connectivity index (χ2n) is 5.00. The Morgan fingerprint density at radius 3 is 2.81 bits per heavy atom. The molecule has 112 valence electrons. The van der Waals surface area contributed by atoms with Crippen molar-refractivity contribution >= 4 is 5.71 Å². The van der Waals surface area contributed by atoms with E-state index in [1.165, 1.54) is 18.2 Å². The molecule has 0 saturated carbocycles. The second kappa shape index (κ2) is 6.39. The van der Waals surface area contributed by atoms with Crippen molar-refractivity contribution in [2.45, 2.75) is 33.4 Å². The molecular formula is C15H18FN3O2. The van der Waals surface area contributed by atoms with Gasteiger partial charge in [-0.1, -0.05) is 5.16 Å². The summed E-state index contributed by atoms with van der Waals surface area (Å²) in [6.45, 7) is 5.92. The maximum atomic E-state index is 13.3. The lowest BCUT2D eigenvalue weighted by molar-refractivity contribution is 0.296. The number of benzene rings is 1. The van der Waals surface area contributed by atoms with Gasteiger partial charge in [0.15, 0.2) is 0 Å². The predicted molar refractivity (Wildman–Crippen MR) is 77.3 cm³/mol. The molecule has 0 bridgehead atoms. The Hall–Kier alpha value is -2.37. The van der Waals surface area contributed by atoms with Crippen LogP contribution in [0.3, 0.4) is 0 Å². The third-order valence-electron chi connectivity index (χ3n) is 3.05. The minimum Gasteiger partial charge on any atom is -0.487 e. The van der Waals surface area contributed by atoms with Crippen LogP contribution in [0, 0.1) is 5.82 Å². The van der Waals surface area contributed by atoms with Crippen LogP contribution >= 0.6 is 0 Å². The van der Waals surface area contributed by atoms with Crippen LogP contribution in [-0.4, -0.2) is 20.7 Å². The van der Waals surface area contributed by atoms with Crippen LogP contribution in [0.4, 0.5) is 4.39 Å². The monoisotopic (exact) mass is 291 g/mol. The molecule has 0 atom stereocenters. The highest BCUT2D eigenvalue weighted by molar-refractivity contribution is 6.00. The van der Waals surface area contributed by atoms with E-state index in [1.54, 1.807) is 6.92 Å². The highest BCUT2D eigenvalue weighted by Gasteiger charge is 2.10. The molecule has 1 heterocycles. The van der Waals surface area contributed by atoms with Gasteiger partial charge in [0.05, 0.1) is 11.4 Å². The van der Waals surface area contributed by atoms with Gasteiger partial charge in [-0.25, -0.2) is 4.39 Å². The van der Waals surface area contributed by atoms with Crippen molar-refractivity contribution in [1.82, 2.24) is 9.78 Å². The number of rotatable bonds is 5. The summed E-state index contributed by atoms with van der Waals surface area (Å²) >= 11 is 0. The zero-order valence-electron chi connectivity index (χ0n) is 12.2. The first-order valence-electron chi connectivity index (χ1n) is 6.66. The average Bonchev–Trinajstić information content (AvgIpc) is 2.94. The lowest BCUT2D eigenvalue weighted by atomic mass is 10.1. The lowest BCUT2D eigenvalue weighted by Gasteiger charge is -2.10. The third kappa shape index (κ3) is 3.59. The van der Waals surface area contributed by atoms with Crippen LogP contribution in [0.25, 0.3) is 0 Å². The Labute approximate surface area is 122 Å². The molecule has 2 rings (SSSR count). The van der Waals surface area contributed by atoms with E-state index in [0.717, 1.165) is 5.69 Å². The van der Waals surface area contributed by atoms with E-state index in [-0.39, 0.29) is 18.4 Å². The molecule has 5 nitrogen and oxygen atoms in total. The molecule has 2 aromatic rings. The maximum absolute atomic E-state index is 13.3. The fourth-order valence-corrected chi connectivity index (χ4v) is 1.86. The van der Waals surface area contributed by atoms with Crippen molar-refractivity contribution in [2.24, 2.45) is 5.16 Å². The standard InChI is InChI=1S/C15H18FN3O2/c1-10(2)19-7-6-13(17-19)9-21-15-5-4-12(16)8-14(15)11(3)18-20/h4-8,10,20H,9H2,1-3H3/b18-11+. The summed E-state index contributed by atoms with van der Waals surface area (Å²) < 4.78 is 20.8. The molecule has 0 radical (unpaired) electrons. The first-order valence-corrected chi connectivity index (χ1v) is 6.66. The van der Waals surface area contributed by atoms with Crippen molar-refractivity contribution in [3.63, 3.8) is 0 Å². The Bertz CT molecular complexity index is 650. The van der Waals surface area contributed by atoms with Crippen LogP contribution < -0.4 is 4.74 Å². The van der Waals surface area contributed by atoms with Crippen LogP contribution in [0.1, 0.15) is 38.1 Å². The Kier molecular flexibility index (Phi) is 4.57. The Morgan fingerprint density at radius 2 is 2.19 bits per heavy atom. The van der Waals surface area contributed by atoms with Gasteiger partial charge >= 0.3 is 0 Å². The number of halogens is 1. The smallest absolute Gasteiger partial charge is 0.132 e. The van der Waals surface area contributed by atoms with Gasteiger partial charge in [-0.05, 0) is 45.0 Å². The van der Waals surface area contributed by atoms with E-state index < -0.39 is 5.82 Å². The van der Waals surface area contributed by atoms with Crippen molar-refractivity contribution < 1.29 is 14.3 Å². The minimum absolute atomic E-state index is 0.261. The topological polar surface area (TPSA) is 59.6 Å². The normalized spacial score (nSPS) is 12.0. The van der Waals surface area contributed by atoms with E-state index in [0.29, 0.717) is 11.3 Å². The summed E-state index contributed by atoms with van der Waals surface area (Å²) in [5.74, 6) is 0.0373. The number of hydrogen-bond acceptors (Lipinski definition) is 4. The van der Waals surface area contributed by atoms with Crippen LogP contribution in [-0.2, 0) is 6.61 Å². The van der Waals surface area contributed by atoms with Crippen molar-refractivity contribution in [1.29, 1.82) is 0 Å². The first-order chi connectivity index (χ1) is 10.0. The molecule has 0 saturated heterocycles. The lowest BCUT2D eigenvalue weighted by Crippen LogP contribution is -2.05. The highest BCUT2D eigenvalue weighted by Crippen LogP contribution is 2.22.